The maximum Gasteiger partial charge on any atom is 0.343 e. The van der Waals surface area contributed by atoms with Gasteiger partial charge >= 0.3 is 5.97 Å². The van der Waals surface area contributed by atoms with Gasteiger partial charge in [-0.3, -0.25) is 4.79 Å². The molecule has 0 unspecified atom stereocenters. The number of anilines is 1. The normalized spacial score (nSPS) is 9.90. The molecule has 20 heavy (non-hydrogen) atoms. The molecule has 1 amide bonds. The predicted molar refractivity (Wildman–Crippen MR) is 76.9 cm³/mol. The minimum atomic E-state index is -0.405. The number of amides is 1. The van der Waals surface area contributed by atoms with Gasteiger partial charge in [0.25, 0.3) is 0 Å². The second kappa shape index (κ2) is 6.02. The van der Waals surface area contributed by atoms with E-state index < -0.39 is 5.97 Å². The molecule has 0 radical (unpaired) electrons. The Labute approximate surface area is 117 Å². The highest BCUT2D eigenvalue weighted by molar-refractivity contribution is 5.91. The standard InChI is InChI=1S/C16H15NO3/c1-11-3-5-13(6-4-11)16(19)20-15-9-7-14(8-10-15)17-12(2)18/h3-10H,1-2H3,(H,17,18). The number of rotatable bonds is 3. The molecule has 0 bridgehead atoms. The van der Waals surface area contributed by atoms with E-state index in [-0.39, 0.29) is 5.91 Å². The van der Waals surface area contributed by atoms with Gasteiger partial charge in [0.1, 0.15) is 5.75 Å². The van der Waals surface area contributed by atoms with Crippen LogP contribution in [-0.4, -0.2) is 11.9 Å². The largest absolute Gasteiger partial charge is 0.423 e. The first-order valence-electron chi connectivity index (χ1n) is 6.21. The summed E-state index contributed by atoms with van der Waals surface area (Å²) < 4.78 is 5.25. The van der Waals surface area contributed by atoms with E-state index in [1.165, 1.54) is 6.92 Å². The van der Waals surface area contributed by atoms with Gasteiger partial charge in [0.2, 0.25) is 5.91 Å². The highest BCUT2D eigenvalue weighted by atomic mass is 16.5. The predicted octanol–water partition coefficient (Wildman–Crippen LogP) is 3.17. The molecule has 0 heterocycles. The van der Waals surface area contributed by atoms with E-state index in [1.807, 2.05) is 19.1 Å². The number of hydrogen-bond acceptors (Lipinski definition) is 3. The first kappa shape index (κ1) is 13.8. The fourth-order valence-electron chi connectivity index (χ4n) is 1.67. The van der Waals surface area contributed by atoms with Crippen molar-refractivity contribution < 1.29 is 14.3 Å². The Bertz CT molecular complexity index is 615. The molecule has 0 aliphatic rings. The SMILES string of the molecule is CC(=O)Nc1ccc(OC(=O)c2ccc(C)cc2)cc1. The lowest BCUT2D eigenvalue weighted by Gasteiger charge is -2.06. The smallest absolute Gasteiger partial charge is 0.343 e. The van der Waals surface area contributed by atoms with Crippen LogP contribution in [0.5, 0.6) is 5.75 Å². The molecule has 0 aromatic heterocycles. The molecule has 0 spiro atoms. The molecule has 2 aromatic rings. The van der Waals surface area contributed by atoms with Crippen LogP contribution in [0.1, 0.15) is 22.8 Å². The number of carbonyl (C=O) groups is 2. The van der Waals surface area contributed by atoms with Gasteiger partial charge in [0.15, 0.2) is 0 Å². The Morgan fingerprint density at radius 3 is 2.10 bits per heavy atom. The zero-order chi connectivity index (χ0) is 14.5. The topological polar surface area (TPSA) is 55.4 Å². The Morgan fingerprint density at radius 2 is 1.55 bits per heavy atom. The number of carbonyl (C=O) groups excluding carboxylic acids is 2. The van der Waals surface area contributed by atoms with Crippen LogP contribution in [0.25, 0.3) is 0 Å². The van der Waals surface area contributed by atoms with Crippen molar-refractivity contribution >= 4 is 17.6 Å². The second-order valence-corrected chi connectivity index (χ2v) is 4.46. The minimum Gasteiger partial charge on any atom is -0.423 e. The molecular weight excluding hydrogens is 254 g/mol. The maximum absolute atomic E-state index is 11.9. The molecule has 0 aliphatic heterocycles. The fraction of sp³-hybridized carbons (Fsp3) is 0.125. The Hall–Kier alpha value is -2.62. The summed E-state index contributed by atoms with van der Waals surface area (Å²) in [6.45, 7) is 3.39. The summed E-state index contributed by atoms with van der Waals surface area (Å²) in [5, 5.41) is 2.64. The Balaban J connectivity index is 2.04. The van der Waals surface area contributed by atoms with Gasteiger partial charge in [-0.1, -0.05) is 17.7 Å². The van der Waals surface area contributed by atoms with Gasteiger partial charge in [0.05, 0.1) is 5.56 Å². The average Bonchev–Trinajstić information content (AvgIpc) is 2.41. The molecule has 0 saturated heterocycles. The third kappa shape index (κ3) is 3.68. The summed E-state index contributed by atoms with van der Waals surface area (Å²) in [6.07, 6.45) is 0. The number of hydrogen-bond donors (Lipinski definition) is 1. The number of nitrogens with one attached hydrogen (secondary N) is 1. The molecular formula is C16H15NO3. The number of benzene rings is 2. The van der Waals surface area contributed by atoms with Crippen LogP contribution in [0.3, 0.4) is 0 Å². The van der Waals surface area contributed by atoms with Crippen LogP contribution >= 0.6 is 0 Å². The molecule has 0 atom stereocenters. The zero-order valence-electron chi connectivity index (χ0n) is 11.3. The average molecular weight is 269 g/mol. The van der Waals surface area contributed by atoms with Crippen molar-refractivity contribution in [3.8, 4) is 5.75 Å². The van der Waals surface area contributed by atoms with Crippen LogP contribution in [0.15, 0.2) is 48.5 Å². The van der Waals surface area contributed by atoms with Crippen LogP contribution in [0, 0.1) is 6.92 Å². The van der Waals surface area contributed by atoms with E-state index in [2.05, 4.69) is 5.32 Å². The van der Waals surface area contributed by atoms with Crippen molar-refractivity contribution in [1.82, 2.24) is 0 Å². The number of esters is 1. The highest BCUT2D eigenvalue weighted by Crippen LogP contribution is 2.17. The van der Waals surface area contributed by atoms with Crippen molar-refractivity contribution in [2.24, 2.45) is 0 Å². The van der Waals surface area contributed by atoms with Gasteiger partial charge in [-0.15, -0.1) is 0 Å². The quantitative estimate of drug-likeness (QED) is 0.687. The Morgan fingerprint density at radius 1 is 0.950 bits per heavy atom. The summed E-state index contributed by atoms with van der Waals surface area (Å²) in [6, 6.07) is 13.8. The minimum absolute atomic E-state index is 0.144. The van der Waals surface area contributed by atoms with Crippen LogP contribution in [0.2, 0.25) is 0 Å². The van der Waals surface area contributed by atoms with E-state index in [0.717, 1.165) is 5.56 Å². The fourth-order valence-corrected chi connectivity index (χ4v) is 1.67. The zero-order valence-corrected chi connectivity index (χ0v) is 11.3. The van der Waals surface area contributed by atoms with Crippen molar-refractivity contribution in [1.29, 1.82) is 0 Å². The van der Waals surface area contributed by atoms with E-state index >= 15 is 0 Å². The third-order valence-corrected chi connectivity index (χ3v) is 2.67. The van der Waals surface area contributed by atoms with Gasteiger partial charge in [0, 0.05) is 12.6 Å². The molecule has 0 aliphatic carbocycles. The van der Waals surface area contributed by atoms with Crippen LogP contribution < -0.4 is 10.1 Å². The molecule has 4 heteroatoms. The molecule has 0 saturated carbocycles. The van der Waals surface area contributed by atoms with Gasteiger partial charge in [-0.25, -0.2) is 4.79 Å². The summed E-state index contributed by atoms with van der Waals surface area (Å²) in [7, 11) is 0. The highest BCUT2D eigenvalue weighted by Gasteiger charge is 2.08. The molecule has 1 N–H and O–H groups in total. The van der Waals surface area contributed by atoms with E-state index in [9.17, 15) is 9.59 Å². The summed E-state index contributed by atoms with van der Waals surface area (Å²) in [5.74, 6) is -0.114. The van der Waals surface area contributed by atoms with E-state index in [1.54, 1.807) is 36.4 Å². The van der Waals surface area contributed by atoms with E-state index in [4.69, 9.17) is 4.74 Å². The molecule has 0 fully saturated rings. The van der Waals surface area contributed by atoms with Crippen molar-refractivity contribution in [2.45, 2.75) is 13.8 Å². The molecule has 2 aromatic carbocycles. The first-order valence-corrected chi connectivity index (χ1v) is 6.21. The monoisotopic (exact) mass is 269 g/mol. The van der Waals surface area contributed by atoms with Crippen molar-refractivity contribution in [3.63, 3.8) is 0 Å². The lowest BCUT2D eigenvalue weighted by Crippen LogP contribution is -2.09. The van der Waals surface area contributed by atoms with Gasteiger partial charge in [-0.2, -0.15) is 0 Å². The van der Waals surface area contributed by atoms with E-state index in [0.29, 0.717) is 17.0 Å². The first-order chi connectivity index (χ1) is 9.54. The number of aryl methyl sites for hydroxylation is 1. The third-order valence-electron chi connectivity index (χ3n) is 2.67. The van der Waals surface area contributed by atoms with Crippen molar-refractivity contribution in [2.75, 3.05) is 5.32 Å². The lowest BCUT2D eigenvalue weighted by molar-refractivity contribution is -0.114. The van der Waals surface area contributed by atoms with Crippen LogP contribution in [-0.2, 0) is 4.79 Å². The second-order valence-electron chi connectivity index (χ2n) is 4.46. The number of ether oxygens (including phenoxy) is 1. The van der Waals surface area contributed by atoms with Gasteiger partial charge in [-0.05, 0) is 43.3 Å². The lowest BCUT2D eigenvalue weighted by atomic mass is 10.1. The summed E-state index contributed by atoms with van der Waals surface area (Å²) in [4.78, 5) is 22.8. The molecule has 102 valence electrons. The maximum atomic E-state index is 11.9. The molecule has 4 nitrogen and oxygen atoms in total. The van der Waals surface area contributed by atoms with Gasteiger partial charge < -0.3 is 10.1 Å². The van der Waals surface area contributed by atoms with Crippen molar-refractivity contribution in [3.05, 3.63) is 59.7 Å². The van der Waals surface area contributed by atoms with Crippen LogP contribution in [0.4, 0.5) is 5.69 Å². The Kier molecular flexibility index (Phi) is 4.15. The molecule has 2 rings (SSSR count). The summed E-state index contributed by atoms with van der Waals surface area (Å²) >= 11 is 0. The summed E-state index contributed by atoms with van der Waals surface area (Å²) in [5.41, 5.74) is 2.25.